The van der Waals surface area contributed by atoms with E-state index in [9.17, 15) is 9.90 Å². The second-order valence-corrected chi connectivity index (χ2v) is 6.08. The maximum atomic E-state index is 11.8. The normalized spacial score (nSPS) is 12.1. The highest BCUT2D eigenvalue weighted by Crippen LogP contribution is 2.25. The fourth-order valence-electron chi connectivity index (χ4n) is 2.01. The molecule has 22 heavy (non-hydrogen) atoms. The molecule has 0 aliphatic carbocycles. The molecule has 0 amide bonds. The Bertz CT molecular complexity index is 613. The van der Waals surface area contributed by atoms with E-state index in [4.69, 9.17) is 4.74 Å². The van der Waals surface area contributed by atoms with Crippen molar-refractivity contribution >= 4 is 17.7 Å². The molecule has 5 nitrogen and oxygen atoms in total. The van der Waals surface area contributed by atoms with E-state index < -0.39 is 0 Å². The summed E-state index contributed by atoms with van der Waals surface area (Å²) in [6.07, 6.45) is 1.64. The summed E-state index contributed by atoms with van der Waals surface area (Å²) in [6, 6.07) is 9.94. The number of hydrogen-bond acceptors (Lipinski definition) is 5. The molecule has 0 fully saturated rings. The zero-order valence-corrected chi connectivity index (χ0v) is 13.5. The molecule has 118 valence electrons. The van der Waals surface area contributed by atoms with Crippen LogP contribution in [0.5, 0.6) is 0 Å². The minimum atomic E-state index is -0.344. The van der Waals surface area contributed by atoms with Crippen LogP contribution in [-0.4, -0.2) is 32.5 Å². The summed E-state index contributed by atoms with van der Waals surface area (Å²) in [4.78, 5) is 16.1. The zero-order chi connectivity index (χ0) is 15.9. The number of aliphatic hydroxyl groups is 1. The van der Waals surface area contributed by atoms with E-state index in [-0.39, 0.29) is 17.8 Å². The van der Waals surface area contributed by atoms with Crippen LogP contribution in [0.2, 0.25) is 0 Å². The van der Waals surface area contributed by atoms with Crippen LogP contribution >= 0.6 is 11.8 Å². The first-order valence-corrected chi connectivity index (χ1v) is 8.06. The van der Waals surface area contributed by atoms with Gasteiger partial charge in [-0.25, -0.2) is 4.98 Å². The molecule has 1 aromatic heterocycles. The number of aromatic nitrogens is 2. The van der Waals surface area contributed by atoms with E-state index in [0.29, 0.717) is 18.3 Å². The van der Waals surface area contributed by atoms with Gasteiger partial charge in [0, 0.05) is 6.54 Å². The monoisotopic (exact) mass is 320 g/mol. The Labute approximate surface area is 134 Å². The van der Waals surface area contributed by atoms with Gasteiger partial charge in [-0.3, -0.25) is 4.79 Å². The highest BCUT2D eigenvalue weighted by Gasteiger charge is 2.20. The summed E-state index contributed by atoms with van der Waals surface area (Å²) in [5.74, 6) is -0.257. The predicted molar refractivity (Wildman–Crippen MR) is 85.6 cm³/mol. The van der Waals surface area contributed by atoms with E-state index in [1.54, 1.807) is 20.0 Å². The molecule has 0 bridgehead atoms. The van der Waals surface area contributed by atoms with Crippen LogP contribution in [0.4, 0.5) is 0 Å². The third kappa shape index (κ3) is 4.11. The van der Waals surface area contributed by atoms with Crippen LogP contribution < -0.4 is 0 Å². The van der Waals surface area contributed by atoms with Crippen molar-refractivity contribution in [1.82, 2.24) is 9.55 Å². The number of nitrogens with zero attached hydrogens (tertiary/aromatic N) is 2. The van der Waals surface area contributed by atoms with Crippen LogP contribution in [0.1, 0.15) is 25.1 Å². The molecule has 1 heterocycles. The Hall–Kier alpha value is -1.79. The molecule has 0 aliphatic heterocycles. The number of carbonyl (C=O) groups is 1. The fourth-order valence-corrected chi connectivity index (χ4v) is 2.92. The lowest BCUT2D eigenvalue weighted by Gasteiger charge is -2.13. The third-order valence-electron chi connectivity index (χ3n) is 3.15. The van der Waals surface area contributed by atoms with Crippen molar-refractivity contribution in [2.24, 2.45) is 0 Å². The number of benzene rings is 1. The number of thioether (sulfide) groups is 1. The molecule has 6 heteroatoms. The van der Waals surface area contributed by atoms with Crippen LogP contribution in [0, 0.1) is 0 Å². The van der Waals surface area contributed by atoms with Crippen molar-refractivity contribution < 1.29 is 14.6 Å². The van der Waals surface area contributed by atoms with Crippen LogP contribution in [0.25, 0.3) is 0 Å². The van der Waals surface area contributed by atoms with Gasteiger partial charge in [0.2, 0.25) is 0 Å². The SMILES string of the molecule is CCOC(=O)C(C)Sc1ncc(CO)n1Cc1ccccc1. The van der Waals surface area contributed by atoms with E-state index in [2.05, 4.69) is 4.98 Å². The van der Waals surface area contributed by atoms with Crippen LogP contribution in [0.3, 0.4) is 0 Å². The highest BCUT2D eigenvalue weighted by molar-refractivity contribution is 8.00. The Morgan fingerprint density at radius 2 is 2.14 bits per heavy atom. The van der Waals surface area contributed by atoms with E-state index in [1.165, 1.54) is 11.8 Å². The van der Waals surface area contributed by atoms with E-state index in [1.807, 2.05) is 34.9 Å². The van der Waals surface area contributed by atoms with Gasteiger partial charge in [-0.1, -0.05) is 42.1 Å². The quantitative estimate of drug-likeness (QED) is 0.627. The number of aliphatic hydroxyl groups excluding tert-OH is 1. The van der Waals surface area contributed by atoms with E-state index >= 15 is 0 Å². The van der Waals surface area contributed by atoms with Crippen molar-refractivity contribution in [3.63, 3.8) is 0 Å². The van der Waals surface area contributed by atoms with Crippen LogP contribution in [-0.2, 0) is 22.7 Å². The van der Waals surface area contributed by atoms with Crippen molar-refractivity contribution in [3.8, 4) is 0 Å². The second kappa shape index (κ2) is 8.00. The summed E-state index contributed by atoms with van der Waals surface area (Å²) in [7, 11) is 0. The number of carbonyl (C=O) groups excluding carboxylic acids is 1. The van der Waals surface area contributed by atoms with Gasteiger partial charge in [0.25, 0.3) is 0 Å². The van der Waals surface area contributed by atoms with Gasteiger partial charge < -0.3 is 14.4 Å². The average Bonchev–Trinajstić information content (AvgIpc) is 2.90. The lowest BCUT2D eigenvalue weighted by molar-refractivity contribution is -0.142. The lowest BCUT2D eigenvalue weighted by Crippen LogP contribution is -2.18. The van der Waals surface area contributed by atoms with Gasteiger partial charge in [-0.15, -0.1) is 0 Å². The minimum Gasteiger partial charge on any atom is -0.465 e. The number of ether oxygens (including phenoxy) is 1. The molecule has 0 aliphatic rings. The van der Waals surface area contributed by atoms with Gasteiger partial charge >= 0.3 is 5.97 Å². The Morgan fingerprint density at radius 1 is 1.41 bits per heavy atom. The second-order valence-electron chi connectivity index (χ2n) is 4.77. The Balaban J connectivity index is 2.18. The Kier molecular flexibility index (Phi) is 6.03. The van der Waals surface area contributed by atoms with Gasteiger partial charge in [-0.05, 0) is 19.4 Å². The van der Waals surface area contributed by atoms with Gasteiger partial charge in [0.1, 0.15) is 5.25 Å². The third-order valence-corrected chi connectivity index (χ3v) is 4.23. The summed E-state index contributed by atoms with van der Waals surface area (Å²) < 4.78 is 6.95. The molecular weight excluding hydrogens is 300 g/mol. The molecule has 0 radical (unpaired) electrons. The predicted octanol–water partition coefficient (Wildman–Crippen LogP) is 2.47. The summed E-state index contributed by atoms with van der Waals surface area (Å²) >= 11 is 1.34. The molecule has 0 spiro atoms. The minimum absolute atomic E-state index is 0.0891. The average molecular weight is 320 g/mol. The molecule has 0 saturated carbocycles. The first-order chi connectivity index (χ1) is 10.7. The number of esters is 1. The number of rotatable bonds is 7. The molecule has 0 saturated heterocycles. The van der Waals surface area contributed by atoms with Gasteiger partial charge in [0.05, 0.1) is 25.1 Å². The zero-order valence-electron chi connectivity index (χ0n) is 12.7. The Morgan fingerprint density at radius 3 is 2.77 bits per heavy atom. The summed E-state index contributed by atoms with van der Waals surface area (Å²) in [5.41, 5.74) is 1.84. The summed E-state index contributed by atoms with van der Waals surface area (Å²) in [5, 5.41) is 9.83. The fraction of sp³-hybridized carbons (Fsp3) is 0.375. The maximum absolute atomic E-state index is 11.8. The van der Waals surface area contributed by atoms with E-state index in [0.717, 1.165) is 11.3 Å². The van der Waals surface area contributed by atoms with Crippen molar-refractivity contribution in [3.05, 3.63) is 47.8 Å². The molecule has 2 rings (SSSR count). The smallest absolute Gasteiger partial charge is 0.319 e. The molecular formula is C16H20N2O3S. The number of imidazole rings is 1. The standard InChI is InChI=1S/C16H20N2O3S/c1-3-21-15(20)12(2)22-16-17-9-14(11-19)18(16)10-13-7-5-4-6-8-13/h4-9,12,19H,3,10-11H2,1-2H3. The number of hydrogen-bond donors (Lipinski definition) is 1. The molecule has 1 N–H and O–H groups in total. The highest BCUT2D eigenvalue weighted by atomic mass is 32.2. The van der Waals surface area contributed by atoms with Crippen LogP contribution in [0.15, 0.2) is 41.7 Å². The first kappa shape index (κ1) is 16.6. The largest absolute Gasteiger partial charge is 0.465 e. The molecule has 1 atom stereocenters. The summed E-state index contributed by atoms with van der Waals surface area (Å²) in [6.45, 7) is 4.46. The molecule has 1 unspecified atom stereocenters. The lowest BCUT2D eigenvalue weighted by atomic mass is 10.2. The topological polar surface area (TPSA) is 64.3 Å². The van der Waals surface area contributed by atoms with Crippen molar-refractivity contribution in [1.29, 1.82) is 0 Å². The first-order valence-electron chi connectivity index (χ1n) is 7.18. The maximum Gasteiger partial charge on any atom is 0.319 e. The van der Waals surface area contributed by atoms with Crippen molar-refractivity contribution in [2.45, 2.75) is 37.4 Å². The molecule has 2 aromatic rings. The molecule has 1 aromatic carbocycles. The van der Waals surface area contributed by atoms with Gasteiger partial charge in [-0.2, -0.15) is 0 Å². The van der Waals surface area contributed by atoms with Crippen molar-refractivity contribution in [2.75, 3.05) is 6.61 Å². The van der Waals surface area contributed by atoms with Gasteiger partial charge in [0.15, 0.2) is 5.16 Å².